The normalized spacial score (nSPS) is 17.7. The van der Waals surface area contributed by atoms with Crippen LogP contribution in [0.1, 0.15) is 40.0 Å². The number of rotatable bonds is 4. The maximum Gasteiger partial charge on any atom is 0.222 e. The van der Waals surface area contributed by atoms with Crippen molar-refractivity contribution in [1.82, 2.24) is 4.90 Å². The van der Waals surface area contributed by atoms with Gasteiger partial charge in [0.2, 0.25) is 5.91 Å². The summed E-state index contributed by atoms with van der Waals surface area (Å²) >= 11 is 0. The van der Waals surface area contributed by atoms with Crippen LogP contribution in [0.25, 0.3) is 0 Å². The average Bonchev–Trinajstić information content (AvgIpc) is 1.99. The largest absolute Gasteiger partial charge is 0.342 e. The maximum absolute atomic E-state index is 11.5. The molecule has 0 N–H and O–H groups in total. The first-order valence-corrected chi connectivity index (χ1v) is 5.41. The highest BCUT2D eigenvalue weighted by Crippen LogP contribution is 2.20. The van der Waals surface area contributed by atoms with Crippen LogP contribution >= 0.6 is 0 Å². The Kier molecular flexibility index (Phi) is 3.76. The van der Waals surface area contributed by atoms with E-state index in [0.717, 1.165) is 31.8 Å². The van der Waals surface area contributed by atoms with Crippen molar-refractivity contribution < 1.29 is 4.79 Å². The van der Waals surface area contributed by atoms with E-state index in [1.165, 1.54) is 6.42 Å². The molecule has 1 aliphatic rings. The lowest BCUT2D eigenvalue weighted by atomic mass is 9.96. The molecule has 0 aromatic heterocycles. The number of carbonyl (C=O) groups excluding carboxylic acids is 1. The molecule has 0 spiro atoms. The van der Waals surface area contributed by atoms with Gasteiger partial charge in [-0.05, 0) is 24.7 Å². The summed E-state index contributed by atoms with van der Waals surface area (Å²) < 4.78 is 0. The van der Waals surface area contributed by atoms with E-state index in [1.807, 2.05) is 4.90 Å². The first-order chi connectivity index (χ1) is 6.13. The van der Waals surface area contributed by atoms with E-state index >= 15 is 0 Å². The average molecular weight is 183 g/mol. The number of hydrogen-bond donors (Lipinski definition) is 0. The van der Waals surface area contributed by atoms with Gasteiger partial charge in [0, 0.05) is 19.5 Å². The van der Waals surface area contributed by atoms with Crippen LogP contribution in [-0.4, -0.2) is 23.9 Å². The third-order valence-electron chi connectivity index (χ3n) is 2.82. The van der Waals surface area contributed by atoms with Gasteiger partial charge >= 0.3 is 0 Å². The molecule has 2 nitrogen and oxygen atoms in total. The smallest absolute Gasteiger partial charge is 0.222 e. The highest BCUT2D eigenvalue weighted by Gasteiger charge is 2.28. The first kappa shape index (κ1) is 10.6. The molecule has 0 unspecified atom stereocenters. The molecule has 1 amide bonds. The van der Waals surface area contributed by atoms with Gasteiger partial charge in [-0.15, -0.1) is 0 Å². The molecular formula is C11H21NO. The number of likely N-dealkylation sites (tertiary alicyclic amines) is 1. The van der Waals surface area contributed by atoms with Gasteiger partial charge in [-0.25, -0.2) is 0 Å². The molecule has 0 radical (unpaired) electrons. The first-order valence-electron chi connectivity index (χ1n) is 5.41. The van der Waals surface area contributed by atoms with Gasteiger partial charge < -0.3 is 4.90 Å². The fraction of sp³-hybridized carbons (Fsp3) is 0.909. The SMILES string of the molecule is CCC1CN(C(=O)CCC(C)C)C1. The molecule has 2 heteroatoms. The van der Waals surface area contributed by atoms with E-state index in [9.17, 15) is 4.79 Å². The Balaban J connectivity index is 2.12. The molecule has 13 heavy (non-hydrogen) atoms. The summed E-state index contributed by atoms with van der Waals surface area (Å²) in [6, 6.07) is 0. The Labute approximate surface area is 81.3 Å². The maximum atomic E-state index is 11.5. The predicted octanol–water partition coefficient (Wildman–Crippen LogP) is 2.29. The van der Waals surface area contributed by atoms with Crippen LogP contribution in [0.15, 0.2) is 0 Å². The topological polar surface area (TPSA) is 20.3 Å². The fourth-order valence-corrected chi connectivity index (χ4v) is 1.60. The number of carbonyl (C=O) groups is 1. The monoisotopic (exact) mass is 183 g/mol. The Hall–Kier alpha value is -0.530. The molecule has 76 valence electrons. The van der Waals surface area contributed by atoms with Crippen molar-refractivity contribution in [3.05, 3.63) is 0 Å². The molecule has 0 aromatic rings. The summed E-state index contributed by atoms with van der Waals surface area (Å²) in [6.07, 6.45) is 2.99. The van der Waals surface area contributed by atoms with Crippen molar-refractivity contribution in [1.29, 1.82) is 0 Å². The summed E-state index contributed by atoms with van der Waals surface area (Å²) in [6.45, 7) is 8.54. The second-order valence-electron chi connectivity index (χ2n) is 4.51. The van der Waals surface area contributed by atoms with Gasteiger partial charge in [0.25, 0.3) is 0 Å². The zero-order valence-corrected chi connectivity index (χ0v) is 9.05. The summed E-state index contributed by atoms with van der Waals surface area (Å²) in [7, 11) is 0. The van der Waals surface area contributed by atoms with Crippen LogP contribution in [-0.2, 0) is 4.79 Å². The lowest BCUT2D eigenvalue weighted by Gasteiger charge is -2.39. The van der Waals surface area contributed by atoms with E-state index in [1.54, 1.807) is 0 Å². The van der Waals surface area contributed by atoms with Crippen LogP contribution in [0, 0.1) is 11.8 Å². The highest BCUT2D eigenvalue weighted by molar-refractivity contribution is 5.76. The van der Waals surface area contributed by atoms with Crippen LogP contribution in [0.2, 0.25) is 0 Å². The molecule has 1 fully saturated rings. The minimum atomic E-state index is 0.360. The quantitative estimate of drug-likeness (QED) is 0.655. The Morgan fingerprint density at radius 3 is 2.54 bits per heavy atom. The lowest BCUT2D eigenvalue weighted by Crippen LogP contribution is -2.49. The number of nitrogens with zero attached hydrogens (tertiary/aromatic N) is 1. The van der Waals surface area contributed by atoms with Crippen molar-refractivity contribution in [3.8, 4) is 0 Å². The van der Waals surface area contributed by atoms with Crippen molar-refractivity contribution in [3.63, 3.8) is 0 Å². The fourth-order valence-electron chi connectivity index (χ4n) is 1.60. The number of amides is 1. The molecule has 1 saturated heterocycles. The molecule has 0 bridgehead atoms. The Morgan fingerprint density at radius 2 is 2.08 bits per heavy atom. The van der Waals surface area contributed by atoms with Crippen LogP contribution in [0.4, 0.5) is 0 Å². The molecule has 0 saturated carbocycles. The summed E-state index contributed by atoms with van der Waals surface area (Å²) in [5.74, 6) is 1.79. The van der Waals surface area contributed by atoms with Crippen LogP contribution in [0.5, 0.6) is 0 Å². The van der Waals surface area contributed by atoms with Crippen molar-refractivity contribution >= 4 is 5.91 Å². The second-order valence-corrected chi connectivity index (χ2v) is 4.51. The molecule has 1 heterocycles. The van der Waals surface area contributed by atoms with Gasteiger partial charge in [-0.1, -0.05) is 20.8 Å². The lowest BCUT2D eigenvalue weighted by molar-refractivity contribution is -0.137. The minimum absolute atomic E-state index is 0.360. The standard InChI is InChI=1S/C11H21NO/c1-4-10-7-12(8-10)11(13)6-5-9(2)3/h9-10H,4-8H2,1-3H3. The highest BCUT2D eigenvalue weighted by atomic mass is 16.2. The molecule has 0 atom stereocenters. The third kappa shape index (κ3) is 3.02. The van der Waals surface area contributed by atoms with Crippen molar-refractivity contribution in [2.75, 3.05) is 13.1 Å². The van der Waals surface area contributed by atoms with Gasteiger partial charge in [0.05, 0.1) is 0 Å². The van der Waals surface area contributed by atoms with Gasteiger partial charge in [-0.3, -0.25) is 4.79 Å². The number of hydrogen-bond acceptors (Lipinski definition) is 1. The molecule has 1 rings (SSSR count). The molecular weight excluding hydrogens is 162 g/mol. The summed E-state index contributed by atoms with van der Waals surface area (Å²) in [4.78, 5) is 13.5. The van der Waals surface area contributed by atoms with Crippen LogP contribution < -0.4 is 0 Å². The molecule has 1 aliphatic heterocycles. The van der Waals surface area contributed by atoms with Crippen molar-refractivity contribution in [2.24, 2.45) is 11.8 Å². The van der Waals surface area contributed by atoms with E-state index < -0.39 is 0 Å². The van der Waals surface area contributed by atoms with E-state index in [-0.39, 0.29) is 0 Å². The summed E-state index contributed by atoms with van der Waals surface area (Å²) in [5.41, 5.74) is 0. The Bertz CT molecular complexity index is 171. The zero-order chi connectivity index (χ0) is 9.84. The zero-order valence-electron chi connectivity index (χ0n) is 9.05. The second kappa shape index (κ2) is 4.64. The van der Waals surface area contributed by atoms with Gasteiger partial charge in [0.1, 0.15) is 0 Å². The predicted molar refractivity (Wildman–Crippen MR) is 54.4 cm³/mol. The van der Waals surface area contributed by atoms with E-state index in [4.69, 9.17) is 0 Å². The molecule has 0 aromatic carbocycles. The molecule has 0 aliphatic carbocycles. The Morgan fingerprint density at radius 1 is 1.46 bits per heavy atom. The van der Waals surface area contributed by atoms with Crippen LogP contribution in [0.3, 0.4) is 0 Å². The minimum Gasteiger partial charge on any atom is -0.342 e. The van der Waals surface area contributed by atoms with E-state index in [2.05, 4.69) is 20.8 Å². The third-order valence-corrected chi connectivity index (χ3v) is 2.82. The van der Waals surface area contributed by atoms with Gasteiger partial charge in [-0.2, -0.15) is 0 Å². The summed E-state index contributed by atoms with van der Waals surface area (Å²) in [5, 5.41) is 0. The van der Waals surface area contributed by atoms with E-state index in [0.29, 0.717) is 11.8 Å². The van der Waals surface area contributed by atoms with Gasteiger partial charge in [0.15, 0.2) is 0 Å². The van der Waals surface area contributed by atoms with Crippen molar-refractivity contribution in [2.45, 2.75) is 40.0 Å².